The summed E-state index contributed by atoms with van der Waals surface area (Å²) in [4.78, 5) is 2.17. The van der Waals surface area contributed by atoms with Crippen molar-refractivity contribution in [3.05, 3.63) is 53.1 Å². The molecule has 0 heterocycles. The number of aliphatic hydroxyl groups is 1. The van der Waals surface area contributed by atoms with E-state index in [0.717, 1.165) is 18.5 Å². The number of benzene rings is 1. The summed E-state index contributed by atoms with van der Waals surface area (Å²) in [5.41, 5.74) is 4.02. The van der Waals surface area contributed by atoms with Crippen molar-refractivity contribution in [2.45, 2.75) is 25.9 Å². The second-order valence-corrected chi connectivity index (χ2v) is 6.00. The predicted molar refractivity (Wildman–Crippen MR) is 80.9 cm³/mol. The van der Waals surface area contributed by atoms with Crippen molar-refractivity contribution in [1.29, 1.82) is 0 Å². The average Bonchev–Trinajstić information content (AvgIpc) is 2.75. The van der Waals surface area contributed by atoms with Crippen molar-refractivity contribution in [3.63, 3.8) is 0 Å². The normalized spacial score (nSPS) is 15.7. The zero-order valence-electron chi connectivity index (χ0n) is 12.3. The standard InChI is InChI=1S/C17H23NO/c1-17(2,19)16-8-6-5-7-15(16)14-10-9-13(11-14)12-18(3)4/h5-9,11,19H,10,12H2,1-4H3. The van der Waals surface area contributed by atoms with Crippen molar-refractivity contribution in [1.82, 2.24) is 4.90 Å². The molecule has 2 rings (SSSR count). The molecule has 1 aliphatic rings. The van der Waals surface area contributed by atoms with Gasteiger partial charge in [0.05, 0.1) is 5.60 Å². The fourth-order valence-electron chi connectivity index (χ4n) is 2.54. The van der Waals surface area contributed by atoms with E-state index < -0.39 is 5.60 Å². The molecule has 0 bridgehead atoms. The van der Waals surface area contributed by atoms with Gasteiger partial charge in [-0.1, -0.05) is 36.4 Å². The fourth-order valence-corrected chi connectivity index (χ4v) is 2.54. The highest BCUT2D eigenvalue weighted by atomic mass is 16.3. The van der Waals surface area contributed by atoms with E-state index in [-0.39, 0.29) is 0 Å². The fraction of sp³-hybridized carbons (Fsp3) is 0.412. The molecule has 19 heavy (non-hydrogen) atoms. The second kappa shape index (κ2) is 5.32. The van der Waals surface area contributed by atoms with Crippen LogP contribution in [0.2, 0.25) is 0 Å². The maximum atomic E-state index is 10.3. The smallest absolute Gasteiger partial charge is 0.0846 e. The van der Waals surface area contributed by atoms with Crippen LogP contribution in [0, 0.1) is 0 Å². The molecule has 1 aliphatic carbocycles. The van der Waals surface area contributed by atoms with Crippen LogP contribution in [0.3, 0.4) is 0 Å². The van der Waals surface area contributed by atoms with E-state index in [9.17, 15) is 5.11 Å². The topological polar surface area (TPSA) is 23.5 Å². The van der Waals surface area contributed by atoms with Crippen LogP contribution in [0.1, 0.15) is 31.4 Å². The molecule has 0 atom stereocenters. The molecule has 1 N–H and O–H groups in total. The monoisotopic (exact) mass is 257 g/mol. The van der Waals surface area contributed by atoms with Crippen molar-refractivity contribution >= 4 is 5.57 Å². The van der Waals surface area contributed by atoms with Crippen LogP contribution in [-0.2, 0) is 5.60 Å². The van der Waals surface area contributed by atoms with Crippen LogP contribution in [-0.4, -0.2) is 30.6 Å². The third kappa shape index (κ3) is 3.34. The average molecular weight is 257 g/mol. The molecule has 0 radical (unpaired) electrons. The summed E-state index contributed by atoms with van der Waals surface area (Å²) in [6.07, 6.45) is 5.48. The molecular formula is C17H23NO. The molecule has 1 aromatic carbocycles. The highest BCUT2D eigenvalue weighted by Crippen LogP contribution is 2.33. The molecule has 0 fully saturated rings. The number of likely N-dealkylation sites (N-methyl/N-ethyl adjacent to an activating group) is 1. The van der Waals surface area contributed by atoms with Gasteiger partial charge in [0, 0.05) is 6.54 Å². The summed E-state index contributed by atoms with van der Waals surface area (Å²) in [6, 6.07) is 8.14. The lowest BCUT2D eigenvalue weighted by Gasteiger charge is -2.22. The van der Waals surface area contributed by atoms with Crippen LogP contribution in [0.5, 0.6) is 0 Å². The Morgan fingerprint density at radius 2 is 1.89 bits per heavy atom. The molecule has 0 amide bonds. The summed E-state index contributed by atoms with van der Waals surface area (Å²) in [5.74, 6) is 0. The number of nitrogens with zero attached hydrogens (tertiary/aromatic N) is 1. The van der Waals surface area contributed by atoms with Crippen LogP contribution >= 0.6 is 0 Å². The van der Waals surface area contributed by atoms with Crippen LogP contribution in [0.15, 0.2) is 42.0 Å². The lowest BCUT2D eigenvalue weighted by molar-refractivity contribution is 0.0783. The van der Waals surface area contributed by atoms with Gasteiger partial charge in [-0.2, -0.15) is 0 Å². The number of rotatable bonds is 4. The highest BCUT2D eigenvalue weighted by molar-refractivity contribution is 5.75. The zero-order chi connectivity index (χ0) is 14.0. The third-order valence-corrected chi connectivity index (χ3v) is 3.37. The quantitative estimate of drug-likeness (QED) is 0.895. The van der Waals surface area contributed by atoms with Gasteiger partial charge >= 0.3 is 0 Å². The van der Waals surface area contributed by atoms with Gasteiger partial charge in [-0.25, -0.2) is 0 Å². The van der Waals surface area contributed by atoms with Crippen molar-refractivity contribution in [2.24, 2.45) is 0 Å². The van der Waals surface area contributed by atoms with E-state index in [2.05, 4.69) is 37.2 Å². The van der Waals surface area contributed by atoms with E-state index in [1.807, 2.05) is 32.0 Å². The maximum Gasteiger partial charge on any atom is 0.0846 e. The molecule has 0 saturated heterocycles. The largest absolute Gasteiger partial charge is 0.386 e. The van der Waals surface area contributed by atoms with Gasteiger partial charge in [0.2, 0.25) is 0 Å². The van der Waals surface area contributed by atoms with Gasteiger partial charge in [0.1, 0.15) is 0 Å². The lowest BCUT2D eigenvalue weighted by atomic mass is 9.89. The maximum absolute atomic E-state index is 10.3. The summed E-state index contributed by atoms with van der Waals surface area (Å²) in [5, 5.41) is 10.3. The molecular weight excluding hydrogens is 234 g/mol. The Morgan fingerprint density at radius 1 is 1.21 bits per heavy atom. The molecule has 2 nitrogen and oxygen atoms in total. The van der Waals surface area contributed by atoms with E-state index >= 15 is 0 Å². The molecule has 2 heteroatoms. The highest BCUT2D eigenvalue weighted by Gasteiger charge is 2.22. The van der Waals surface area contributed by atoms with Gasteiger partial charge < -0.3 is 10.0 Å². The van der Waals surface area contributed by atoms with Gasteiger partial charge in [-0.15, -0.1) is 0 Å². The molecule has 0 saturated carbocycles. The van der Waals surface area contributed by atoms with Gasteiger partial charge in [0.15, 0.2) is 0 Å². The first-order chi connectivity index (χ1) is 8.88. The first-order valence-electron chi connectivity index (χ1n) is 6.74. The molecule has 0 unspecified atom stereocenters. The Hall–Kier alpha value is -1.38. The van der Waals surface area contributed by atoms with Gasteiger partial charge in [-0.3, -0.25) is 0 Å². The summed E-state index contributed by atoms with van der Waals surface area (Å²) in [7, 11) is 4.16. The minimum Gasteiger partial charge on any atom is -0.386 e. The third-order valence-electron chi connectivity index (χ3n) is 3.37. The van der Waals surface area contributed by atoms with Crippen molar-refractivity contribution in [2.75, 3.05) is 20.6 Å². The minimum atomic E-state index is -0.804. The minimum absolute atomic E-state index is 0.804. The Labute approximate surface area is 116 Å². The second-order valence-electron chi connectivity index (χ2n) is 6.00. The zero-order valence-corrected chi connectivity index (χ0v) is 12.3. The molecule has 1 aromatic rings. The van der Waals surface area contributed by atoms with E-state index in [4.69, 9.17) is 0 Å². The van der Waals surface area contributed by atoms with E-state index in [1.54, 1.807) is 0 Å². The van der Waals surface area contributed by atoms with Crippen molar-refractivity contribution in [3.8, 4) is 0 Å². The van der Waals surface area contributed by atoms with Crippen LogP contribution in [0.25, 0.3) is 5.57 Å². The SMILES string of the molecule is CN(C)CC1=CCC(c2ccccc2C(C)(C)O)=C1. The predicted octanol–water partition coefficient (Wildman–Crippen LogP) is 3.19. The molecule has 102 valence electrons. The Kier molecular flexibility index (Phi) is 3.93. The Balaban J connectivity index is 2.30. The summed E-state index contributed by atoms with van der Waals surface area (Å²) in [6.45, 7) is 4.65. The molecule has 0 aromatic heterocycles. The Bertz CT molecular complexity index is 518. The number of hydrogen-bond donors (Lipinski definition) is 1. The lowest BCUT2D eigenvalue weighted by Crippen LogP contribution is -2.17. The number of allylic oxidation sites excluding steroid dienone is 2. The first kappa shape index (κ1) is 14.0. The van der Waals surface area contributed by atoms with Crippen LogP contribution in [0.4, 0.5) is 0 Å². The summed E-state index contributed by atoms with van der Waals surface area (Å²) >= 11 is 0. The first-order valence-corrected chi connectivity index (χ1v) is 6.74. The molecule has 0 spiro atoms. The summed E-state index contributed by atoms with van der Waals surface area (Å²) < 4.78 is 0. The van der Waals surface area contributed by atoms with Gasteiger partial charge in [0.25, 0.3) is 0 Å². The van der Waals surface area contributed by atoms with Gasteiger partial charge in [-0.05, 0) is 56.6 Å². The van der Waals surface area contributed by atoms with Crippen molar-refractivity contribution < 1.29 is 5.11 Å². The molecule has 0 aliphatic heterocycles. The van der Waals surface area contributed by atoms with E-state index in [1.165, 1.54) is 16.7 Å². The Morgan fingerprint density at radius 3 is 2.53 bits per heavy atom. The van der Waals surface area contributed by atoms with E-state index in [0.29, 0.717) is 0 Å². The number of hydrogen-bond acceptors (Lipinski definition) is 2. The van der Waals surface area contributed by atoms with Crippen LogP contribution < -0.4 is 0 Å².